The van der Waals surface area contributed by atoms with E-state index in [1.165, 1.54) is 32.6 Å². The Labute approximate surface area is 203 Å². The minimum Gasteiger partial charge on any atom is -0.390 e. The number of ketones is 1. The Kier molecular flexibility index (Phi) is 14.1. The zero-order valence-electron chi connectivity index (χ0n) is 20.3. The lowest BCUT2D eigenvalue weighted by Gasteiger charge is -2.42. The maximum Gasteiger partial charge on any atom is 0.220 e. The number of unbranched alkanes of at least 4 members (excludes halogenated alkanes) is 4. The molecule has 0 heterocycles. The molecule has 0 bridgehead atoms. The number of carbonyl (C=O) groups excluding carboxylic acids is 2. The Morgan fingerprint density at radius 3 is 2.61 bits per heavy atom. The van der Waals surface area contributed by atoms with E-state index in [-0.39, 0.29) is 37.0 Å². The Morgan fingerprint density at radius 2 is 1.97 bits per heavy atom. The van der Waals surface area contributed by atoms with Crippen molar-refractivity contribution in [3.05, 3.63) is 23.3 Å². The second-order valence-electron chi connectivity index (χ2n) is 9.10. The highest BCUT2D eigenvalue weighted by Gasteiger charge is 2.51. The Morgan fingerprint density at radius 1 is 1.27 bits per heavy atom. The third-order valence-corrected chi connectivity index (χ3v) is 6.67. The van der Waals surface area contributed by atoms with Crippen LogP contribution in [-0.2, 0) is 14.3 Å². The van der Waals surface area contributed by atoms with Gasteiger partial charge in [0.2, 0.25) is 5.91 Å². The highest BCUT2D eigenvalue weighted by molar-refractivity contribution is 6.26. The summed E-state index contributed by atoms with van der Waals surface area (Å²) in [5.74, 6) is -2.03. The predicted octanol–water partition coefficient (Wildman–Crippen LogP) is 3.39. The number of carbonyl (C=O) groups is 2. The van der Waals surface area contributed by atoms with E-state index in [4.69, 9.17) is 16.3 Å². The highest BCUT2D eigenvalue weighted by atomic mass is 35.5. The molecule has 1 saturated carbocycles. The largest absolute Gasteiger partial charge is 0.390 e. The van der Waals surface area contributed by atoms with Crippen molar-refractivity contribution in [2.24, 2.45) is 5.92 Å². The smallest absolute Gasteiger partial charge is 0.220 e. The molecule has 33 heavy (non-hydrogen) atoms. The number of nitrogens with one attached hydrogen (secondary N) is 1. The minimum absolute atomic E-state index is 0.0537. The van der Waals surface area contributed by atoms with Gasteiger partial charge in [-0.25, -0.2) is 0 Å². The summed E-state index contributed by atoms with van der Waals surface area (Å²) in [5, 5.41) is 33.3. The fourth-order valence-corrected chi connectivity index (χ4v) is 4.38. The lowest BCUT2D eigenvalue weighted by Crippen LogP contribution is -2.59. The molecule has 0 aromatic carbocycles. The van der Waals surface area contributed by atoms with E-state index in [1.54, 1.807) is 7.11 Å². The maximum absolute atomic E-state index is 12.4. The summed E-state index contributed by atoms with van der Waals surface area (Å²) in [6.45, 7) is 3.48. The second-order valence-corrected chi connectivity index (χ2v) is 9.31. The average molecular weight is 488 g/mol. The molecule has 190 valence electrons. The first-order valence-corrected chi connectivity index (χ1v) is 12.5. The molecule has 0 spiro atoms. The van der Waals surface area contributed by atoms with Crippen LogP contribution in [0, 0.1) is 5.92 Å². The molecule has 5 atom stereocenters. The number of aliphatic hydroxyl groups is 3. The quantitative estimate of drug-likeness (QED) is 0.208. The highest BCUT2D eigenvalue weighted by Crippen LogP contribution is 2.36. The Bertz CT molecular complexity index is 663. The molecule has 0 unspecified atom stereocenters. The molecular formula is C25H42ClNO6. The summed E-state index contributed by atoms with van der Waals surface area (Å²) in [7, 11) is 1.73. The molecule has 1 rings (SSSR count). The topological polar surface area (TPSA) is 116 Å². The molecule has 1 amide bonds. The first kappa shape index (κ1) is 29.8. The normalized spacial score (nSPS) is 27.2. The zero-order valence-corrected chi connectivity index (χ0v) is 21.0. The lowest BCUT2D eigenvalue weighted by atomic mass is 9.69. The first-order chi connectivity index (χ1) is 15.7. The summed E-state index contributed by atoms with van der Waals surface area (Å²) in [6, 6.07) is 0. The summed E-state index contributed by atoms with van der Waals surface area (Å²) in [4.78, 5) is 24.6. The van der Waals surface area contributed by atoms with Crippen molar-refractivity contribution in [2.75, 3.05) is 13.7 Å². The van der Waals surface area contributed by atoms with Gasteiger partial charge in [-0.05, 0) is 31.8 Å². The van der Waals surface area contributed by atoms with Crippen LogP contribution in [0.4, 0.5) is 0 Å². The summed E-state index contributed by atoms with van der Waals surface area (Å²) < 4.78 is 5.53. The zero-order chi connectivity index (χ0) is 24.9. The molecular weight excluding hydrogens is 446 g/mol. The van der Waals surface area contributed by atoms with Crippen molar-refractivity contribution < 1.29 is 29.6 Å². The van der Waals surface area contributed by atoms with Crippen molar-refractivity contribution in [3.63, 3.8) is 0 Å². The molecule has 0 aliphatic heterocycles. The van der Waals surface area contributed by atoms with Gasteiger partial charge in [0.15, 0.2) is 5.78 Å². The number of aliphatic hydroxyl groups excluding tert-OH is 2. The third-order valence-electron chi connectivity index (χ3n) is 6.39. The SMILES string of the molecule is CCCCCCC[C@@H](C/C=C/CCC(=O)NC/C(=C/Cl)[C@@H]1C(=O)[C@H](O)C[C@H](O)[C@]1(C)O)OC. The van der Waals surface area contributed by atoms with Crippen LogP contribution in [0.3, 0.4) is 0 Å². The summed E-state index contributed by atoms with van der Waals surface area (Å²) in [6.07, 6.45) is 10.1. The number of allylic oxidation sites excluding steroid dienone is 1. The monoisotopic (exact) mass is 487 g/mol. The number of halogens is 1. The van der Waals surface area contributed by atoms with Crippen molar-refractivity contribution in [3.8, 4) is 0 Å². The van der Waals surface area contributed by atoms with Crippen LogP contribution in [0.25, 0.3) is 0 Å². The molecule has 0 aromatic rings. The molecule has 0 radical (unpaired) electrons. The number of ether oxygens (including phenoxy) is 1. The van der Waals surface area contributed by atoms with Gasteiger partial charge in [-0.15, -0.1) is 0 Å². The second kappa shape index (κ2) is 15.6. The maximum atomic E-state index is 12.4. The van der Waals surface area contributed by atoms with Gasteiger partial charge in [0.1, 0.15) is 11.7 Å². The van der Waals surface area contributed by atoms with E-state index in [0.717, 1.165) is 24.8 Å². The van der Waals surface area contributed by atoms with E-state index in [0.29, 0.717) is 6.42 Å². The Hall–Kier alpha value is -1.25. The summed E-state index contributed by atoms with van der Waals surface area (Å²) in [5.41, 5.74) is -0.414. The van der Waals surface area contributed by atoms with E-state index < -0.39 is 29.5 Å². The molecule has 0 aromatic heterocycles. The minimum atomic E-state index is -1.78. The predicted molar refractivity (Wildman–Crippen MR) is 130 cm³/mol. The van der Waals surface area contributed by atoms with Crippen LogP contribution >= 0.6 is 11.6 Å². The van der Waals surface area contributed by atoms with Gasteiger partial charge in [0.25, 0.3) is 0 Å². The van der Waals surface area contributed by atoms with Gasteiger partial charge in [0.05, 0.1) is 18.1 Å². The lowest BCUT2D eigenvalue weighted by molar-refractivity contribution is -0.166. The van der Waals surface area contributed by atoms with Gasteiger partial charge in [0, 0.05) is 32.0 Å². The van der Waals surface area contributed by atoms with Crippen LogP contribution in [-0.4, -0.2) is 64.6 Å². The van der Waals surface area contributed by atoms with Crippen molar-refractivity contribution >= 4 is 23.3 Å². The number of methoxy groups -OCH3 is 1. The van der Waals surface area contributed by atoms with E-state index in [1.807, 2.05) is 12.2 Å². The fraction of sp³-hybridized carbons (Fsp3) is 0.760. The van der Waals surface area contributed by atoms with Crippen LogP contribution in [0.2, 0.25) is 0 Å². The summed E-state index contributed by atoms with van der Waals surface area (Å²) >= 11 is 5.86. The molecule has 8 heteroatoms. The molecule has 7 nitrogen and oxygen atoms in total. The van der Waals surface area contributed by atoms with Crippen molar-refractivity contribution in [1.29, 1.82) is 0 Å². The molecule has 1 aliphatic carbocycles. The standard InChI is InChI=1S/C25H42ClNO6/c1-4-5-6-7-9-12-19(33-3)13-10-8-11-14-22(30)27-17-18(16-26)23-24(31)20(28)15-21(29)25(23,2)32/h8,10,16,19-21,23,28-29,32H,4-7,9,11-15,17H2,1-3H3,(H,27,30)/b10-8+,18-16-/t19-,20+,21-,23+,25-/m0/s1. The van der Waals surface area contributed by atoms with Crippen LogP contribution < -0.4 is 5.32 Å². The van der Waals surface area contributed by atoms with E-state index in [9.17, 15) is 24.9 Å². The number of hydrogen-bond donors (Lipinski definition) is 4. The van der Waals surface area contributed by atoms with Crippen molar-refractivity contribution in [1.82, 2.24) is 5.32 Å². The van der Waals surface area contributed by atoms with E-state index >= 15 is 0 Å². The van der Waals surface area contributed by atoms with Gasteiger partial charge in [-0.3, -0.25) is 9.59 Å². The van der Waals surface area contributed by atoms with Crippen LogP contribution in [0.1, 0.15) is 78.1 Å². The van der Waals surface area contributed by atoms with Gasteiger partial charge >= 0.3 is 0 Å². The van der Waals surface area contributed by atoms with Gasteiger partial charge in [-0.1, -0.05) is 62.8 Å². The average Bonchev–Trinajstić information content (AvgIpc) is 2.78. The first-order valence-electron chi connectivity index (χ1n) is 12.0. The third kappa shape index (κ3) is 9.87. The van der Waals surface area contributed by atoms with Crippen molar-refractivity contribution in [2.45, 2.75) is 102 Å². The number of rotatable bonds is 15. The van der Waals surface area contributed by atoms with Crippen LogP contribution in [0.5, 0.6) is 0 Å². The molecule has 1 aliphatic rings. The molecule has 0 saturated heterocycles. The van der Waals surface area contributed by atoms with Gasteiger partial charge in [-0.2, -0.15) is 0 Å². The van der Waals surface area contributed by atoms with Crippen LogP contribution in [0.15, 0.2) is 23.3 Å². The fourth-order valence-electron chi connectivity index (χ4n) is 4.18. The molecule has 4 N–H and O–H groups in total. The number of hydrogen-bond acceptors (Lipinski definition) is 6. The number of Topliss-reactive ketones (excluding diaryl/α,β-unsaturated/α-hetero) is 1. The number of amides is 1. The molecule has 1 fully saturated rings. The Balaban J connectivity index is 2.41. The van der Waals surface area contributed by atoms with Gasteiger partial charge < -0.3 is 25.4 Å². The van der Waals surface area contributed by atoms with E-state index in [2.05, 4.69) is 12.2 Å².